The van der Waals surface area contributed by atoms with Gasteiger partial charge >= 0.3 is 0 Å². The predicted molar refractivity (Wildman–Crippen MR) is 76.4 cm³/mol. The molecule has 1 aromatic carbocycles. The third-order valence-corrected chi connectivity index (χ3v) is 3.40. The SMILES string of the molecule is O=C(Nc1cccc(F)c1)c1cnc([C@H]2CCCN2)cn1. The fraction of sp³-hybridized carbons (Fsp3) is 0.267. The van der Waals surface area contributed by atoms with Crippen LogP contribution < -0.4 is 10.6 Å². The number of amides is 1. The number of hydrogen-bond acceptors (Lipinski definition) is 4. The van der Waals surface area contributed by atoms with E-state index >= 15 is 0 Å². The fourth-order valence-corrected chi connectivity index (χ4v) is 2.33. The van der Waals surface area contributed by atoms with Gasteiger partial charge in [-0.1, -0.05) is 6.07 Å². The first-order valence-electron chi connectivity index (χ1n) is 6.84. The Hall–Kier alpha value is -2.34. The molecule has 0 bridgehead atoms. The number of nitrogens with one attached hydrogen (secondary N) is 2. The van der Waals surface area contributed by atoms with Crippen molar-refractivity contribution in [2.24, 2.45) is 0 Å². The molecule has 2 N–H and O–H groups in total. The lowest BCUT2D eigenvalue weighted by atomic mass is 10.2. The molecule has 1 aliphatic rings. The first-order valence-corrected chi connectivity index (χ1v) is 6.84. The molecule has 0 aliphatic carbocycles. The number of carbonyl (C=O) groups is 1. The molecule has 1 aromatic heterocycles. The number of halogens is 1. The summed E-state index contributed by atoms with van der Waals surface area (Å²) in [6.45, 7) is 0.980. The van der Waals surface area contributed by atoms with Gasteiger partial charge in [0.15, 0.2) is 0 Å². The van der Waals surface area contributed by atoms with Crippen molar-refractivity contribution in [1.82, 2.24) is 15.3 Å². The van der Waals surface area contributed by atoms with Gasteiger partial charge in [0.1, 0.15) is 11.5 Å². The van der Waals surface area contributed by atoms with E-state index in [0.717, 1.165) is 25.1 Å². The molecule has 108 valence electrons. The number of rotatable bonds is 3. The van der Waals surface area contributed by atoms with Crippen molar-refractivity contribution in [2.45, 2.75) is 18.9 Å². The third-order valence-electron chi connectivity index (χ3n) is 3.40. The molecule has 6 heteroatoms. The van der Waals surface area contributed by atoms with Crippen molar-refractivity contribution in [2.75, 3.05) is 11.9 Å². The summed E-state index contributed by atoms with van der Waals surface area (Å²) >= 11 is 0. The quantitative estimate of drug-likeness (QED) is 0.908. The highest BCUT2D eigenvalue weighted by Gasteiger charge is 2.18. The summed E-state index contributed by atoms with van der Waals surface area (Å²) in [7, 11) is 0. The van der Waals surface area contributed by atoms with Gasteiger partial charge in [-0.05, 0) is 37.6 Å². The Morgan fingerprint density at radius 3 is 2.90 bits per heavy atom. The van der Waals surface area contributed by atoms with Crippen LogP contribution in [0.3, 0.4) is 0 Å². The molecule has 21 heavy (non-hydrogen) atoms. The first-order chi connectivity index (χ1) is 10.2. The largest absolute Gasteiger partial charge is 0.321 e. The van der Waals surface area contributed by atoms with E-state index in [9.17, 15) is 9.18 Å². The molecule has 2 heterocycles. The zero-order valence-corrected chi connectivity index (χ0v) is 11.3. The summed E-state index contributed by atoms with van der Waals surface area (Å²) in [6.07, 6.45) is 5.21. The molecule has 2 aromatic rings. The molecule has 0 radical (unpaired) electrons. The molecule has 5 nitrogen and oxygen atoms in total. The molecular weight excluding hydrogens is 271 g/mol. The molecular formula is C15H15FN4O. The first kappa shape index (κ1) is 13.6. The standard InChI is InChI=1S/C15H15FN4O/c16-10-3-1-4-11(7-10)20-15(21)14-9-18-13(8-19-14)12-5-2-6-17-12/h1,3-4,7-9,12,17H,2,5-6H2,(H,20,21)/t12-/m1/s1. The Labute approximate surface area is 121 Å². The second-order valence-corrected chi connectivity index (χ2v) is 4.94. The Bertz CT molecular complexity index is 638. The lowest BCUT2D eigenvalue weighted by molar-refractivity contribution is 0.102. The van der Waals surface area contributed by atoms with Gasteiger partial charge in [0, 0.05) is 5.69 Å². The third kappa shape index (κ3) is 3.22. The number of aromatic nitrogens is 2. The minimum atomic E-state index is -0.404. The number of hydrogen-bond donors (Lipinski definition) is 2. The van der Waals surface area contributed by atoms with E-state index in [1.54, 1.807) is 12.3 Å². The predicted octanol–water partition coefficient (Wildman–Crippen LogP) is 2.29. The molecule has 0 unspecified atom stereocenters. The van der Waals surface area contributed by atoms with Crippen molar-refractivity contribution in [3.8, 4) is 0 Å². The lowest BCUT2D eigenvalue weighted by Crippen LogP contribution is -2.17. The van der Waals surface area contributed by atoms with Crippen LogP contribution in [0.2, 0.25) is 0 Å². The van der Waals surface area contributed by atoms with E-state index in [1.807, 2.05) is 0 Å². The molecule has 1 atom stereocenters. The molecule has 0 saturated carbocycles. The average Bonchev–Trinajstić information content (AvgIpc) is 3.01. The van der Waals surface area contributed by atoms with E-state index in [0.29, 0.717) is 5.69 Å². The van der Waals surface area contributed by atoms with Crippen molar-refractivity contribution < 1.29 is 9.18 Å². The van der Waals surface area contributed by atoms with Crippen LogP contribution >= 0.6 is 0 Å². The van der Waals surface area contributed by atoms with Gasteiger partial charge in [0.05, 0.1) is 24.1 Å². The van der Waals surface area contributed by atoms with Crippen LogP contribution in [0.1, 0.15) is 35.1 Å². The molecule has 0 spiro atoms. The summed E-state index contributed by atoms with van der Waals surface area (Å²) in [5.74, 6) is -0.805. The van der Waals surface area contributed by atoms with Crippen LogP contribution in [0.25, 0.3) is 0 Å². The number of nitrogens with zero attached hydrogens (tertiary/aromatic N) is 2. The van der Waals surface area contributed by atoms with Crippen LogP contribution in [-0.2, 0) is 0 Å². The van der Waals surface area contributed by atoms with E-state index < -0.39 is 11.7 Å². The Morgan fingerprint density at radius 1 is 1.33 bits per heavy atom. The van der Waals surface area contributed by atoms with E-state index in [4.69, 9.17) is 0 Å². The van der Waals surface area contributed by atoms with Crippen molar-refractivity contribution in [1.29, 1.82) is 0 Å². The van der Waals surface area contributed by atoms with Crippen LogP contribution in [0, 0.1) is 5.82 Å². The summed E-state index contributed by atoms with van der Waals surface area (Å²) in [5.41, 5.74) is 1.44. The van der Waals surface area contributed by atoms with E-state index in [-0.39, 0.29) is 11.7 Å². The number of carbonyl (C=O) groups excluding carboxylic acids is 1. The van der Waals surface area contributed by atoms with Gasteiger partial charge in [0.25, 0.3) is 5.91 Å². The summed E-state index contributed by atoms with van der Waals surface area (Å²) in [6, 6.07) is 5.94. The summed E-state index contributed by atoms with van der Waals surface area (Å²) < 4.78 is 13.1. The number of anilines is 1. The lowest BCUT2D eigenvalue weighted by Gasteiger charge is -2.09. The van der Waals surface area contributed by atoms with Gasteiger partial charge in [-0.15, -0.1) is 0 Å². The van der Waals surface area contributed by atoms with Crippen molar-refractivity contribution in [3.63, 3.8) is 0 Å². The maximum Gasteiger partial charge on any atom is 0.275 e. The van der Waals surface area contributed by atoms with Crippen LogP contribution in [-0.4, -0.2) is 22.4 Å². The zero-order valence-electron chi connectivity index (χ0n) is 11.3. The second kappa shape index (κ2) is 5.97. The maximum atomic E-state index is 13.1. The van der Waals surface area contributed by atoms with E-state index in [2.05, 4.69) is 20.6 Å². The highest BCUT2D eigenvalue weighted by Crippen LogP contribution is 2.20. The van der Waals surface area contributed by atoms with Gasteiger partial charge in [-0.25, -0.2) is 9.37 Å². The average molecular weight is 286 g/mol. The maximum absolute atomic E-state index is 13.1. The van der Waals surface area contributed by atoms with Crippen LogP contribution in [0.5, 0.6) is 0 Å². The van der Waals surface area contributed by atoms with Crippen molar-refractivity contribution >= 4 is 11.6 Å². The molecule has 1 aliphatic heterocycles. The van der Waals surface area contributed by atoms with Crippen molar-refractivity contribution in [3.05, 3.63) is 53.9 Å². The second-order valence-electron chi connectivity index (χ2n) is 4.94. The summed E-state index contributed by atoms with van der Waals surface area (Å²) in [5, 5.41) is 5.91. The monoisotopic (exact) mass is 286 g/mol. The Morgan fingerprint density at radius 2 is 2.24 bits per heavy atom. The molecule has 1 amide bonds. The fourth-order valence-electron chi connectivity index (χ4n) is 2.33. The van der Waals surface area contributed by atoms with Crippen LogP contribution in [0.4, 0.5) is 10.1 Å². The molecule has 3 rings (SSSR count). The Kier molecular flexibility index (Phi) is 3.87. The minimum Gasteiger partial charge on any atom is -0.321 e. The molecule has 1 saturated heterocycles. The minimum absolute atomic E-state index is 0.209. The van der Waals surface area contributed by atoms with Gasteiger partial charge in [-0.3, -0.25) is 9.78 Å². The smallest absolute Gasteiger partial charge is 0.275 e. The van der Waals surface area contributed by atoms with Gasteiger partial charge in [-0.2, -0.15) is 0 Å². The van der Waals surface area contributed by atoms with Gasteiger partial charge in [0.2, 0.25) is 0 Å². The zero-order chi connectivity index (χ0) is 14.7. The Balaban J connectivity index is 1.70. The number of benzene rings is 1. The van der Waals surface area contributed by atoms with Gasteiger partial charge < -0.3 is 10.6 Å². The highest BCUT2D eigenvalue weighted by molar-refractivity contribution is 6.02. The highest BCUT2D eigenvalue weighted by atomic mass is 19.1. The van der Waals surface area contributed by atoms with E-state index in [1.165, 1.54) is 24.4 Å². The van der Waals surface area contributed by atoms with Crippen LogP contribution in [0.15, 0.2) is 36.7 Å². The molecule has 1 fully saturated rings. The summed E-state index contributed by atoms with van der Waals surface area (Å²) in [4.78, 5) is 20.4. The normalized spacial score (nSPS) is 17.7. The topological polar surface area (TPSA) is 66.9 Å².